The van der Waals surface area contributed by atoms with Crippen LogP contribution in [0.15, 0.2) is 24.3 Å². The summed E-state index contributed by atoms with van der Waals surface area (Å²) in [6.07, 6.45) is 0. The predicted molar refractivity (Wildman–Crippen MR) is 77.5 cm³/mol. The van der Waals surface area contributed by atoms with Gasteiger partial charge in [0, 0.05) is 13.1 Å². The quantitative estimate of drug-likeness (QED) is 0.557. The summed E-state index contributed by atoms with van der Waals surface area (Å²) in [5.41, 5.74) is 6.48. The molecule has 0 fully saturated rings. The lowest BCUT2D eigenvalue weighted by Crippen LogP contribution is -2.24. The Hall–Kier alpha value is -1.12. The summed E-state index contributed by atoms with van der Waals surface area (Å²) in [5, 5.41) is 1.99. The van der Waals surface area contributed by atoms with Crippen molar-refractivity contribution in [2.75, 3.05) is 13.2 Å². The summed E-state index contributed by atoms with van der Waals surface area (Å²) in [6, 6.07) is 4.38. The lowest BCUT2D eigenvalue weighted by molar-refractivity contribution is -0.154. The first-order valence-corrected chi connectivity index (χ1v) is 6.53. The molecule has 0 aromatic heterocycles. The van der Waals surface area contributed by atoms with Crippen LogP contribution in [0.5, 0.6) is 0 Å². The molecule has 1 aromatic rings. The van der Waals surface area contributed by atoms with Crippen molar-refractivity contribution in [3.05, 3.63) is 46.5 Å². The van der Waals surface area contributed by atoms with Crippen LogP contribution in [0.4, 0.5) is 0 Å². The van der Waals surface area contributed by atoms with Crippen LogP contribution in [0.3, 0.4) is 0 Å². The minimum atomic E-state index is 0.595. The van der Waals surface area contributed by atoms with E-state index in [4.69, 9.17) is 4.84 Å². The van der Waals surface area contributed by atoms with Crippen LogP contribution in [0.25, 0.3) is 0 Å². The topological polar surface area (TPSA) is 12.5 Å². The van der Waals surface area contributed by atoms with Crippen LogP contribution in [-0.4, -0.2) is 18.2 Å². The molecule has 0 heterocycles. The molecule has 0 bridgehead atoms. The third-order valence-electron chi connectivity index (χ3n) is 3.36. The fourth-order valence-electron chi connectivity index (χ4n) is 1.82. The molecule has 2 nitrogen and oxygen atoms in total. The molecule has 2 heteroatoms. The van der Waals surface area contributed by atoms with Gasteiger partial charge in [0.25, 0.3) is 0 Å². The van der Waals surface area contributed by atoms with E-state index in [-0.39, 0.29) is 0 Å². The molecule has 0 atom stereocenters. The normalized spacial score (nSPS) is 11.0. The highest BCUT2D eigenvalue weighted by molar-refractivity contribution is 5.38. The van der Waals surface area contributed by atoms with Gasteiger partial charge >= 0.3 is 0 Å². The Kier molecular flexibility index (Phi) is 5.57. The lowest BCUT2D eigenvalue weighted by atomic mass is 9.99. The number of benzene rings is 1. The van der Waals surface area contributed by atoms with Crippen molar-refractivity contribution in [2.45, 2.75) is 41.2 Å². The van der Waals surface area contributed by atoms with E-state index in [2.05, 4.69) is 46.4 Å². The Morgan fingerprint density at radius 2 is 1.89 bits per heavy atom. The van der Waals surface area contributed by atoms with Crippen molar-refractivity contribution in [1.29, 1.82) is 0 Å². The largest absolute Gasteiger partial charge is 0.294 e. The number of rotatable bonds is 6. The van der Waals surface area contributed by atoms with Gasteiger partial charge in [-0.05, 0) is 49.9 Å². The summed E-state index contributed by atoms with van der Waals surface area (Å²) >= 11 is 0. The van der Waals surface area contributed by atoms with Gasteiger partial charge in [0.05, 0.1) is 6.61 Å². The standard InChI is InChI=1S/C16H25NO/c1-7-17(18-11-12(2)3)10-16-9-8-13(4)14(5)15(16)6/h8-9H,2,7,10-11H2,1,3-6H3. The van der Waals surface area contributed by atoms with Gasteiger partial charge in [-0.1, -0.05) is 31.2 Å². The van der Waals surface area contributed by atoms with Crippen molar-refractivity contribution in [3.63, 3.8) is 0 Å². The molecule has 0 amide bonds. The number of hydrogen-bond acceptors (Lipinski definition) is 2. The van der Waals surface area contributed by atoms with E-state index < -0.39 is 0 Å². The maximum absolute atomic E-state index is 5.72. The molecule has 0 unspecified atom stereocenters. The van der Waals surface area contributed by atoms with Gasteiger partial charge in [0.15, 0.2) is 0 Å². The second-order valence-electron chi connectivity index (χ2n) is 4.98. The van der Waals surface area contributed by atoms with E-state index in [0.717, 1.165) is 18.7 Å². The van der Waals surface area contributed by atoms with Crippen LogP contribution in [-0.2, 0) is 11.4 Å². The van der Waals surface area contributed by atoms with Gasteiger partial charge in [-0.3, -0.25) is 4.84 Å². The highest BCUT2D eigenvalue weighted by Gasteiger charge is 2.09. The zero-order valence-electron chi connectivity index (χ0n) is 12.3. The van der Waals surface area contributed by atoms with Crippen molar-refractivity contribution in [1.82, 2.24) is 5.06 Å². The van der Waals surface area contributed by atoms with Crippen LogP contribution in [0, 0.1) is 20.8 Å². The van der Waals surface area contributed by atoms with E-state index >= 15 is 0 Å². The van der Waals surface area contributed by atoms with E-state index in [1.807, 2.05) is 12.0 Å². The molecule has 0 aliphatic carbocycles. The number of hydroxylamine groups is 2. The lowest BCUT2D eigenvalue weighted by Gasteiger charge is -2.22. The van der Waals surface area contributed by atoms with Gasteiger partial charge in [-0.15, -0.1) is 0 Å². The summed E-state index contributed by atoms with van der Waals surface area (Å²) in [7, 11) is 0. The van der Waals surface area contributed by atoms with Crippen molar-refractivity contribution >= 4 is 0 Å². The second kappa shape index (κ2) is 6.72. The van der Waals surface area contributed by atoms with E-state index in [9.17, 15) is 0 Å². The molecule has 1 aromatic carbocycles. The predicted octanol–water partition coefficient (Wildman–Crippen LogP) is 3.94. The Morgan fingerprint density at radius 3 is 2.44 bits per heavy atom. The Morgan fingerprint density at radius 1 is 1.22 bits per heavy atom. The number of nitrogens with zero attached hydrogens (tertiary/aromatic N) is 1. The monoisotopic (exact) mass is 247 g/mol. The molecular formula is C16H25NO. The second-order valence-corrected chi connectivity index (χ2v) is 4.98. The highest BCUT2D eigenvalue weighted by atomic mass is 16.7. The van der Waals surface area contributed by atoms with Crippen LogP contribution < -0.4 is 0 Å². The van der Waals surface area contributed by atoms with Crippen molar-refractivity contribution in [3.8, 4) is 0 Å². The first kappa shape index (κ1) is 14.9. The highest BCUT2D eigenvalue weighted by Crippen LogP contribution is 2.18. The van der Waals surface area contributed by atoms with Crippen LogP contribution in [0.2, 0.25) is 0 Å². The minimum Gasteiger partial charge on any atom is -0.294 e. The fourth-order valence-corrected chi connectivity index (χ4v) is 1.82. The first-order chi connectivity index (χ1) is 8.45. The summed E-state index contributed by atoms with van der Waals surface area (Å²) in [5.74, 6) is 0. The maximum atomic E-state index is 5.72. The molecule has 0 N–H and O–H groups in total. The summed E-state index contributed by atoms with van der Waals surface area (Å²) in [4.78, 5) is 5.72. The molecule has 0 radical (unpaired) electrons. The molecule has 0 saturated carbocycles. The zero-order valence-corrected chi connectivity index (χ0v) is 12.3. The van der Waals surface area contributed by atoms with Crippen molar-refractivity contribution < 1.29 is 4.84 Å². The van der Waals surface area contributed by atoms with Gasteiger partial charge in [0.1, 0.15) is 0 Å². The first-order valence-electron chi connectivity index (χ1n) is 6.53. The van der Waals surface area contributed by atoms with Crippen LogP contribution >= 0.6 is 0 Å². The van der Waals surface area contributed by atoms with Gasteiger partial charge in [-0.2, -0.15) is 5.06 Å². The van der Waals surface area contributed by atoms with Crippen LogP contribution in [0.1, 0.15) is 36.1 Å². The third-order valence-corrected chi connectivity index (χ3v) is 3.36. The Bertz CT molecular complexity index is 423. The molecule has 0 aliphatic rings. The summed E-state index contributed by atoms with van der Waals surface area (Å²) < 4.78 is 0. The molecular weight excluding hydrogens is 222 g/mol. The van der Waals surface area contributed by atoms with Crippen molar-refractivity contribution in [2.24, 2.45) is 0 Å². The molecule has 100 valence electrons. The molecule has 0 spiro atoms. The molecule has 18 heavy (non-hydrogen) atoms. The Balaban J connectivity index is 2.76. The average molecular weight is 247 g/mol. The summed E-state index contributed by atoms with van der Waals surface area (Å²) in [6.45, 7) is 16.8. The van der Waals surface area contributed by atoms with E-state index in [0.29, 0.717) is 6.61 Å². The smallest absolute Gasteiger partial charge is 0.0890 e. The van der Waals surface area contributed by atoms with Gasteiger partial charge < -0.3 is 0 Å². The number of hydrogen-bond donors (Lipinski definition) is 0. The molecule has 1 rings (SSSR count). The average Bonchev–Trinajstić information content (AvgIpc) is 2.34. The molecule has 0 saturated heterocycles. The SMILES string of the molecule is C=C(C)CON(CC)Cc1ccc(C)c(C)c1C. The van der Waals surface area contributed by atoms with E-state index in [1.54, 1.807) is 0 Å². The minimum absolute atomic E-state index is 0.595. The van der Waals surface area contributed by atoms with Gasteiger partial charge in [-0.25, -0.2) is 0 Å². The maximum Gasteiger partial charge on any atom is 0.0890 e. The molecule has 0 aliphatic heterocycles. The van der Waals surface area contributed by atoms with E-state index in [1.165, 1.54) is 22.3 Å². The zero-order chi connectivity index (χ0) is 13.7. The third kappa shape index (κ3) is 3.97. The Labute approximate surface area is 111 Å². The number of aryl methyl sites for hydroxylation is 1. The fraction of sp³-hybridized carbons (Fsp3) is 0.500. The van der Waals surface area contributed by atoms with Gasteiger partial charge in [0.2, 0.25) is 0 Å².